The lowest BCUT2D eigenvalue weighted by molar-refractivity contribution is 0.0761. The Morgan fingerprint density at radius 2 is 1.62 bits per heavy atom. The molecule has 0 spiro atoms. The number of benzene rings is 5. The number of phenols is 1. The average Bonchev–Trinajstić information content (AvgIpc) is 3.67. The largest absolute Gasteiger partial charge is 0.506 e. The Labute approximate surface area is 420 Å². The van der Waals surface area contributed by atoms with Crippen molar-refractivity contribution in [2.75, 3.05) is 11.9 Å². The molecule has 2 heterocycles. The Kier molecular flexibility index (Phi) is 16.3. The molecule has 1 fully saturated rings. The molecular formula is C57H65N5O9Si. The number of alkyl carbamates (subject to hydrolysis) is 1. The topological polar surface area (TPSA) is 186 Å². The number of nitrogens with one attached hydrogen (secondary N) is 4. The standard InChI is InChI=1S/C57H65N5O9Si/c1-57(2,3)72(4,5)71-51(45-27-30-49(63)53-46(45)28-31-52(64)61-53)36-58-35-40-21-29-48-50(34-40)70-56(67)62(48)32-14-8-11-15-38-20-26-44(41-18-12-7-13-19-41)47(33-38)60-55(66)69-43-24-22-42(23-25-43)59-54(65)68-37-39-16-9-6-10-17-39/h6-7,9-13,15-21,26-31,33-34,42-43,51,58,63H,8,14,22-25,32,35-37H2,1-5H3,(H,59,65)(H,60,66)(H,61,64)/t42-,43-,51-/m0/s1. The van der Waals surface area contributed by atoms with Crippen LogP contribution in [-0.4, -0.2) is 53.9 Å². The van der Waals surface area contributed by atoms with E-state index in [1.165, 1.54) is 6.07 Å². The number of phenolic OH excluding ortho intramolecular Hbond substituents is 1. The van der Waals surface area contributed by atoms with Gasteiger partial charge in [-0.05, 0) is 115 Å². The van der Waals surface area contributed by atoms with Crippen molar-refractivity contribution in [3.8, 4) is 16.9 Å². The van der Waals surface area contributed by atoms with Gasteiger partial charge in [-0.25, -0.2) is 14.4 Å². The molecule has 1 saturated carbocycles. The molecule has 0 saturated heterocycles. The number of hydrogen-bond acceptors (Lipinski definition) is 10. The van der Waals surface area contributed by atoms with E-state index < -0.39 is 26.3 Å². The lowest BCUT2D eigenvalue weighted by Gasteiger charge is -2.39. The Hall–Kier alpha value is -7.20. The van der Waals surface area contributed by atoms with E-state index in [0.29, 0.717) is 74.9 Å². The first-order valence-corrected chi connectivity index (χ1v) is 27.7. The molecule has 0 radical (unpaired) electrons. The fourth-order valence-electron chi connectivity index (χ4n) is 8.84. The van der Waals surface area contributed by atoms with Crippen LogP contribution in [0.5, 0.6) is 5.75 Å². The fraction of sp³-hybridized carbons (Fsp3) is 0.333. The molecule has 15 heteroatoms. The van der Waals surface area contributed by atoms with Gasteiger partial charge in [0.15, 0.2) is 13.9 Å². The maximum absolute atomic E-state index is 13.3. The first kappa shape index (κ1) is 51.2. The number of rotatable bonds is 18. The average molecular weight is 992 g/mol. The number of fused-ring (bicyclic) bond motifs is 2. The molecule has 1 aliphatic carbocycles. The minimum absolute atomic E-state index is 0.000759. The van der Waals surface area contributed by atoms with E-state index in [-0.39, 0.29) is 41.2 Å². The zero-order chi connectivity index (χ0) is 50.8. The first-order chi connectivity index (χ1) is 34.6. The van der Waals surface area contributed by atoms with Crippen LogP contribution in [0.4, 0.5) is 15.3 Å². The highest BCUT2D eigenvalue weighted by molar-refractivity contribution is 6.74. The number of hydrogen-bond donors (Lipinski definition) is 5. The number of aryl methyl sites for hydroxylation is 1. The maximum Gasteiger partial charge on any atom is 0.419 e. The van der Waals surface area contributed by atoms with Gasteiger partial charge in [-0.3, -0.25) is 14.7 Å². The second kappa shape index (κ2) is 22.9. The number of H-pyrrole nitrogens is 1. The van der Waals surface area contributed by atoms with Gasteiger partial charge in [-0.1, -0.05) is 118 Å². The quantitative estimate of drug-likeness (QED) is 0.0409. The number of carbonyl (C=O) groups excluding carboxylic acids is 2. The van der Waals surface area contributed by atoms with Gasteiger partial charge < -0.3 is 39.0 Å². The summed E-state index contributed by atoms with van der Waals surface area (Å²) < 4.78 is 25.6. The smallest absolute Gasteiger partial charge is 0.419 e. The number of nitrogens with zero attached hydrogens (tertiary/aromatic N) is 1. The van der Waals surface area contributed by atoms with Gasteiger partial charge in [0, 0.05) is 42.7 Å². The number of allylic oxidation sites excluding steroid dienone is 1. The predicted molar refractivity (Wildman–Crippen MR) is 285 cm³/mol. The van der Waals surface area contributed by atoms with Gasteiger partial charge >= 0.3 is 17.9 Å². The molecule has 0 unspecified atom stereocenters. The highest BCUT2D eigenvalue weighted by Crippen LogP contribution is 2.41. The molecule has 5 aromatic carbocycles. The zero-order valence-electron chi connectivity index (χ0n) is 41.7. The molecule has 5 N–H and O–H groups in total. The van der Waals surface area contributed by atoms with Crippen molar-refractivity contribution in [1.29, 1.82) is 0 Å². The number of pyridine rings is 1. The van der Waals surface area contributed by atoms with Crippen LogP contribution in [-0.2, 0) is 33.6 Å². The highest BCUT2D eigenvalue weighted by atomic mass is 28.4. The number of aromatic amines is 1. The summed E-state index contributed by atoms with van der Waals surface area (Å²) in [5.74, 6) is -0.414. The van der Waals surface area contributed by atoms with Crippen LogP contribution in [0.1, 0.15) is 87.7 Å². The SMILES string of the molecule is CC(C)(C)[Si](C)(C)O[C@@H](CNCc1ccc2c(c1)oc(=O)n2CCCC=Cc1ccc(-c2ccccc2)c(NC(=O)O[C@H]2CC[C@H](NC(=O)OCc3ccccc3)CC2)c1)c1ccc(O)c2[nH]c(=O)ccc12. The van der Waals surface area contributed by atoms with Crippen molar-refractivity contribution in [2.45, 2.75) is 115 Å². The summed E-state index contributed by atoms with van der Waals surface area (Å²) in [6, 6.07) is 37.7. The van der Waals surface area contributed by atoms with Crippen LogP contribution >= 0.6 is 0 Å². The van der Waals surface area contributed by atoms with Gasteiger partial charge in [0.25, 0.3) is 0 Å². The van der Waals surface area contributed by atoms with Gasteiger partial charge in [-0.2, -0.15) is 0 Å². The molecule has 14 nitrogen and oxygen atoms in total. The lowest BCUT2D eigenvalue weighted by Crippen LogP contribution is -2.43. The van der Waals surface area contributed by atoms with Crippen LogP contribution in [0.3, 0.4) is 0 Å². The number of amides is 2. The lowest BCUT2D eigenvalue weighted by atomic mass is 9.93. The summed E-state index contributed by atoms with van der Waals surface area (Å²) >= 11 is 0. The van der Waals surface area contributed by atoms with Crippen molar-refractivity contribution in [3.05, 3.63) is 171 Å². The van der Waals surface area contributed by atoms with E-state index in [1.807, 2.05) is 109 Å². The van der Waals surface area contributed by atoms with Gasteiger partial charge in [0.05, 0.1) is 22.8 Å². The first-order valence-electron chi connectivity index (χ1n) is 24.8. The van der Waals surface area contributed by atoms with Crippen molar-refractivity contribution in [3.63, 3.8) is 0 Å². The number of ether oxygens (including phenoxy) is 2. The summed E-state index contributed by atoms with van der Waals surface area (Å²) in [5, 5.41) is 20.8. The second-order valence-corrected chi connectivity index (χ2v) is 24.8. The number of aromatic hydroxyl groups is 1. The molecule has 0 bridgehead atoms. The van der Waals surface area contributed by atoms with E-state index in [4.69, 9.17) is 18.3 Å². The van der Waals surface area contributed by atoms with Gasteiger partial charge in [-0.15, -0.1) is 0 Å². The fourth-order valence-corrected chi connectivity index (χ4v) is 10.1. The molecule has 0 aliphatic heterocycles. The summed E-state index contributed by atoms with van der Waals surface area (Å²) in [6.07, 6.45) is 6.39. The summed E-state index contributed by atoms with van der Waals surface area (Å²) in [4.78, 5) is 53.8. The van der Waals surface area contributed by atoms with Crippen LogP contribution in [0, 0.1) is 0 Å². The Balaban J connectivity index is 0.849. The second-order valence-electron chi connectivity index (χ2n) is 20.0. The molecule has 72 heavy (non-hydrogen) atoms. The molecule has 1 aliphatic rings. The van der Waals surface area contributed by atoms with Gasteiger partial charge in [0.2, 0.25) is 5.56 Å². The molecule has 1 atom stereocenters. The zero-order valence-corrected chi connectivity index (χ0v) is 42.7. The van der Waals surface area contributed by atoms with E-state index >= 15 is 0 Å². The van der Waals surface area contributed by atoms with Crippen molar-refractivity contribution < 1.29 is 33.0 Å². The Bertz CT molecular complexity index is 3130. The van der Waals surface area contributed by atoms with Gasteiger partial charge in [0.1, 0.15) is 18.5 Å². The Morgan fingerprint density at radius 3 is 2.38 bits per heavy atom. The van der Waals surface area contributed by atoms with Crippen LogP contribution in [0.2, 0.25) is 18.1 Å². The third-order valence-corrected chi connectivity index (χ3v) is 18.3. The van der Waals surface area contributed by atoms with Crippen LogP contribution in [0.15, 0.2) is 141 Å². The number of anilines is 1. The summed E-state index contributed by atoms with van der Waals surface area (Å²) in [6.45, 7) is 12.6. The van der Waals surface area contributed by atoms with Crippen molar-refractivity contribution in [1.82, 2.24) is 20.2 Å². The van der Waals surface area contributed by atoms with Crippen molar-refractivity contribution in [2.24, 2.45) is 0 Å². The highest BCUT2D eigenvalue weighted by Gasteiger charge is 2.40. The van der Waals surface area contributed by atoms with E-state index in [9.17, 15) is 24.3 Å². The molecule has 2 aromatic heterocycles. The third-order valence-electron chi connectivity index (χ3n) is 13.8. The number of oxazole rings is 1. The molecular weight excluding hydrogens is 927 g/mol. The number of aromatic nitrogens is 2. The Morgan fingerprint density at radius 1 is 0.875 bits per heavy atom. The maximum atomic E-state index is 13.3. The third kappa shape index (κ3) is 13.0. The molecule has 7 aromatic rings. The van der Waals surface area contributed by atoms with Crippen molar-refractivity contribution >= 4 is 54.3 Å². The predicted octanol–water partition coefficient (Wildman–Crippen LogP) is 11.9. The molecule has 8 rings (SSSR count). The van der Waals surface area contributed by atoms with Crippen LogP contribution in [0.25, 0.3) is 39.2 Å². The normalized spacial score (nSPS) is 15.7. The molecule has 2 amide bonds. The minimum atomic E-state index is -2.27. The molecule has 376 valence electrons. The van der Waals surface area contributed by atoms with E-state index in [2.05, 4.69) is 60.9 Å². The number of unbranched alkanes of at least 4 members (excludes halogenated alkanes) is 1. The summed E-state index contributed by atoms with van der Waals surface area (Å²) in [5.41, 5.74) is 7.38. The minimum Gasteiger partial charge on any atom is -0.506 e. The van der Waals surface area contributed by atoms with E-state index in [0.717, 1.165) is 44.3 Å². The van der Waals surface area contributed by atoms with E-state index in [1.54, 1.807) is 16.7 Å². The van der Waals surface area contributed by atoms with Crippen LogP contribution < -0.4 is 27.3 Å². The number of carbonyl (C=O) groups is 2. The summed E-state index contributed by atoms with van der Waals surface area (Å²) in [7, 11) is -2.27. The monoisotopic (exact) mass is 991 g/mol.